The van der Waals surface area contributed by atoms with Crippen LogP contribution < -0.4 is 5.32 Å². The van der Waals surface area contributed by atoms with Crippen molar-refractivity contribution in [3.05, 3.63) is 76.9 Å². The maximum absolute atomic E-state index is 12.5. The highest BCUT2D eigenvalue weighted by Crippen LogP contribution is 2.29. The molecule has 31 heavy (non-hydrogen) atoms. The third-order valence-corrected chi connectivity index (χ3v) is 7.11. The number of sulfone groups is 1. The van der Waals surface area contributed by atoms with Crippen LogP contribution in [0.25, 0.3) is 0 Å². The van der Waals surface area contributed by atoms with Crippen LogP contribution in [-0.4, -0.2) is 24.5 Å². The van der Waals surface area contributed by atoms with Gasteiger partial charge in [0.1, 0.15) is 5.75 Å². The molecule has 162 valence electrons. The van der Waals surface area contributed by atoms with Crippen LogP contribution in [-0.2, 0) is 33.2 Å². The smallest absolute Gasteiger partial charge is 0.227 e. The highest BCUT2D eigenvalue weighted by molar-refractivity contribution is 7.90. The number of hydrogen-bond donors (Lipinski definition) is 1. The van der Waals surface area contributed by atoms with Crippen LogP contribution in [0.3, 0.4) is 0 Å². The Morgan fingerprint density at radius 2 is 1.94 bits per heavy atom. The minimum Gasteiger partial charge on any atom is -0.349 e. The number of rotatable bonds is 7. The number of benzene rings is 2. The first-order valence-electron chi connectivity index (χ1n) is 10.4. The normalized spacial score (nSPS) is 16.0. The van der Waals surface area contributed by atoms with Crippen molar-refractivity contribution in [2.45, 2.75) is 55.7 Å². The minimum absolute atomic E-state index is 0.0235. The van der Waals surface area contributed by atoms with Gasteiger partial charge < -0.3 is 9.84 Å². The van der Waals surface area contributed by atoms with Gasteiger partial charge in [-0.3, -0.25) is 4.79 Å². The molecule has 1 heterocycles. The minimum atomic E-state index is -3.56. The second-order valence-corrected chi connectivity index (χ2v) is 9.88. The van der Waals surface area contributed by atoms with E-state index in [1.54, 1.807) is 24.3 Å². The Kier molecular flexibility index (Phi) is 6.18. The summed E-state index contributed by atoms with van der Waals surface area (Å²) in [4.78, 5) is 16.8. The highest BCUT2D eigenvalue weighted by Gasteiger charge is 2.22. The first-order chi connectivity index (χ1) is 14.9. The molecule has 1 aliphatic carbocycles. The molecule has 8 heteroatoms. The number of amides is 1. The van der Waals surface area contributed by atoms with Gasteiger partial charge in [-0.05, 0) is 49.4 Å². The number of hydrogen-bond acceptors (Lipinski definition) is 6. The van der Waals surface area contributed by atoms with E-state index in [4.69, 9.17) is 4.52 Å². The predicted molar refractivity (Wildman–Crippen MR) is 115 cm³/mol. The maximum Gasteiger partial charge on any atom is 0.227 e. The summed E-state index contributed by atoms with van der Waals surface area (Å²) in [6.07, 6.45) is 3.47. The summed E-state index contributed by atoms with van der Waals surface area (Å²) in [5, 5.41) is 6.86. The lowest BCUT2D eigenvalue weighted by Crippen LogP contribution is -2.31. The van der Waals surface area contributed by atoms with Crippen molar-refractivity contribution in [3.8, 4) is 0 Å². The monoisotopic (exact) mass is 439 g/mol. The van der Waals surface area contributed by atoms with Gasteiger partial charge in [0, 0.05) is 12.8 Å². The summed E-state index contributed by atoms with van der Waals surface area (Å²) in [6, 6.07) is 14.9. The SMILES string of the molecule is Cc1ccc(S(=O)(=O)Cc2noc(CCC(=O)N[C@H]3CCCc4ccccc43)n2)cc1. The average Bonchev–Trinajstić information content (AvgIpc) is 3.19. The highest BCUT2D eigenvalue weighted by atomic mass is 32.2. The molecule has 1 aliphatic rings. The van der Waals surface area contributed by atoms with Crippen molar-refractivity contribution in [2.75, 3.05) is 0 Å². The number of aryl methyl sites for hydroxylation is 3. The number of nitrogens with one attached hydrogen (secondary N) is 1. The maximum atomic E-state index is 12.5. The second kappa shape index (κ2) is 9.01. The molecule has 3 aromatic rings. The van der Waals surface area contributed by atoms with Crippen molar-refractivity contribution < 1.29 is 17.7 Å². The molecule has 0 unspecified atom stereocenters. The zero-order valence-electron chi connectivity index (χ0n) is 17.4. The largest absolute Gasteiger partial charge is 0.349 e. The molecule has 0 radical (unpaired) electrons. The lowest BCUT2D eigenvalue weighted by atomic mass is 9.87. The topological polar surface area (TPSA) is 102 Å². The van der Waals surface area contributed by atoms with Gasteiger partial charge in [-0.25, -0.2) is 8.42 Å². The first-order valence-corrected chi connectivity index (χ1v) is 12.0. The van der Waals surface area contributed by atoms with Crippen LogP contribution in [0.15, 0.2) is 57.9 Å². The van der Waals surface area contributed by atoms with Crippen molar-refractivity contribution in [3.63, 3.8) is 0 Å². The Balaban J connectivity index is 1.32. The zero-order chi connectivity index (χ0) is 21.8. The molecule has 0 saturated carbocycles. The summed E-state index contributed by atoms with van der Waals surface area (Å²) in [5.74, 6) is -0.0795. The Bertz CT molecular complexity index is 1170. The molecule has 0 bridgehead atoms. The number of carbonyl (C=O) groups excluding carboxylic acids is 1. The van der Waals surface area contributed by atoms with Crippen LogP contribution in [0.2, 0.25) is 0 Å². The fourth-order valence-corrected chi connectivity index (χ4v) is 5.01. The fourth-order valence-electron chi connectivity index (χ4n) is 3.84. The molecule has 7 nitrogen and oxygen atoms in total. The van der Waals surface area contributed by atoms with Crippen LogP contribution >= 0.6 is 0 Å². The summed E-state index contributed by atoms with van der Waals surface area (Å²) in [7, 11) is -3.56. The molecule has 0 spiro atoms. The zero-order valence-corrected chi connectivity index (χ0v) is 18.2. The van der Waals surface area contributed by atoms with Gasteiger partial charge in [-0.2, -0.15) is 4.98 Å². The third kappa shape index (κ3) is 5.19. The molecule has 1 amide bonds. The molecule has 1 atom stereocenters. The lowest BCUT2D eigenvalue weighted by Gasteiger charge is -2.26. The molecular formula is C23H25N3O4S. The molecule has 0 saturated heterocycles. The number of fused-ring (bicyclic) bond motifs is 1. The van der Waals surface area contributed by atoms with E-state index in [0.717, 1.165) is 24.8 Å². The van der Waals surface area contributed by atoms with Gasteiger partial charge in [0.05, 0.1) is 10.9 Å². The van der Waals surface area contributed by atoms with Crippen LogP contribution in [0.4, 0.5) is 0 Å². The molecular weight excluding hydrogens is 414 g/mol. The molecule has 0 fully saturated rings. The van der Waals surface area contributed by atoms with E-state index in [2.05, 4.69) is 27.6 Å². The van der Waals surface area contributed by atoms with Crippen molar-refractivity contribution in [1.82, 2.24) is 15.5 Å². The van der Waals surface area contributed by atoms with Crippen molar-refractivity contribution >= 4 is 15.7 Å². The second-order valence-electron chi connectivity index (χ2n) is 7.89. The molecule has 1 aromatic heterocycles. The number of nitrogens with zero attached hydrogens (tertiary/aromatic N) is 2. The van der Waals surface area contributed by atoms with E-state index in [9.17, 15) is 13.2 Å². The quantitative estimate of drug-likeness (QED) is 0.605. The summed E-state index contributed by atoms with van der Waals surface area (Å²) < 4.78 is 30.2. The van der Waals surface area contributed by atoms with E-state index in [1.165, 1.54) is 11.1 Å². The summed E-state index contributed by atoms with van der Waals surface area (Å²) in [6.45, 7) is 1.89. The Hall–Kier alpha value is -3.00. The van der Waals surface area contributed by atoms with Gasteiger partial charge in [-0.15, -0.1) is 0 Å². The van der Waals surface area contributed by atoms with Crippen molar-refractivity contribution in [2.24, 2.45) is 0 Å². The van der Waals surface area contributed by atoms with Crippen LogP contribution in [0.1, 0.15) is 53.7 Å². The molecule has 0 aliphatic heterocycles. The van der Waals surface area contributed by atoms with Crippen molar-refractivity contribution in [1.29, 1.82) is 0 Å². The van der Waals surface area contributed by atoms with E-state index < -0.39 is 9.84 Å². The van der Waals surface area contributed by atoms with Gasteiger partial charge in [0.25, 0.3) is 0 Å². The lowest BCUT2D eigenvalue weighted by molar-refractivity contribution is -0.122. The molecule has 2 aromatic carbocycles. The summed E-state index contributed by atoms with van der Waals surface area (Å²) >= 11 is 0. The van der Waals surface area contributed by atoms with E-state index >= 15 is 0 Å². The van der Waals surface area contributed by atoms with E-state index in [-0.39, 0.29) is 47.2 Å². The number of carbonyl (C=O) groups is 1. The van der Waals surface area contributed by atoms with E-state index in [1.807, 2.05) is 19.1 Å². The van der Waals surface area contributed by atoms with Crippen LogP contribution in [0.5, 0.6) is 0 Å². The van der Waals surface area contributed by atoms with E-state index in [0.29, 0.717) is 0 Å². The Morgan fingerprint density at radius 1 is 1.16 bits per heavy atom. The average molecular weight is 440 g/mol. The first kappa shape index (κ1) is 21.2. The Morgan fingerprint density at radius 3 is 2.74 bits per heavy atom. The standard InChI is InChI=1S/C23H25N3O4S/c1-16-9-11-18(12-10-16)31(28,29)15-21-25-23(30-26-21)14-13-22(27)24-20-8-4-6-17-5-2-3-7-19(17)20/h2-3,5,7,9-12,20H,4,6,8,13-15H2,1H3,(H,24,27)/t20-/m0/s1. The van der Waals surface area contributed by atoms with Gasteiger partial charge in [0.2, 0.25) is 11.8 Å². The van der Waals surface area contributed by atoms with Gasteiger partial charge >= 0.3 is 0 Å². The van der Waals surface area contributed by atoms with Gasteiger partial charge in [-0.1, -0.05) is 47.1 Å². The predicted octanol–water partition coefficient (Wildman–Crippen LogP) is 3.48. The summed E-state index contributed by atoms with van der Waals surface area (Å²) in [5.41, 5.74) is 3.45. The third-order valence-electron chi connectivity index (χ3n) is 5.48. The molecule has 4 rings (SSSR count). The fraction of sp³-hybridized carbons (Fsp3) is 0.348. The Labute approximate surface area is 181 Å². The number of aromatic nitrogens is 2. The van der Waals surface area contributed by atoms with Crippen LogP contribution in [0, 0.1) is 6.92 Å². The van der Waals surface area contributed by atoms with Gasteiger partial charge in [0.15, 0.2) is 15.7 Å². The molecule has 1 N–H and O–H groups in total.